The molecule has 0 aromatic carbocycles. The molecule has 0 aromatic rings. The molecular weight excluding hydrogens is 252 g/mol. The molecule has 0 aliphatic heterocycles. The number of hydrogen-bond donors (Lipinski definition) is 3. The van der Waals surface area contributed by atoms with Crippen molar-refractivity contribution >= 4 is 22.3 Å². The van der Waals surface area contributed by atoms with Crippen LogP contribution in [0.15, 0.2) is 0 Å². The number of carbonyl (C=O) groups is 2. The van der Waals surface area contributed by atoms with Gasteiger partial charge in [0.1, 0.15) is 0 Å². The van der Waals surface area contributed by atoms with Crippen molar-refractivity contribution in [2.24, 2.45) is 5.92 Å². The Bertz CT molecular complexity index is 366. The number of amides is 1. The maximum absolute atomic E-state index is 11.1. The van der Waals surface area contributed by atoms with Crippen LogP contribution in [0.2, 0.25) is 0 Å². The Morgan fingerprint density at radius 2 is 2.00 bits per heavy atom. The van der Waals surface area contributed by atoms with E-state index in [1.54, 1.807) is 4.72 Å². The van der Waals surface area contributed by atoms with Gasteiger partial charge in [-0.25, -0.2) is 9.52 Å². The Hall–Kier alpha value is -1.35. The van der Waals surface area contributed by atoms with Gasteiger partial charge in [0.25, 0.3) is 0 Å². The molecule has 1 unspecified atom stereocenters. The molecule has 0 radical (unpaired) electrons. The van der Waals surface area contributed by atoms with Crippen LogP contribution in [-0.2, 0) is 19.7 Å². The van der Waals surface area contributed by atoms with Crippen molar-refractivity contribution in [3.8, 4) is 0 Å². The van der Waals surface area contributed by atoms with Gasteiger partial charge in [0.05, 0.1) is 13.0 Å². The molecule has 9 heteroatoms. The van der Waals surface area contributed by atoms with Crippen LogP contribution in [-0.4, -0.2) is 39.2 Å². The van der Waals surface area contributed by atoms with Crippen molar-refractivity contribution in [2.45, 2.75) is 19.8 Å². The summed E-state index contributed by atoms with van der Waals surface area (Å²) in [6.45, 7) is 1.58. The summed E-state index contributed by atoms with van der Waals surface area (Å²) < 4.78 is 30.1. The molecule has 0 saturated heterocycles. The van der Waals surface area contributed by atoms with Gasteiger partial charge in [-0.2, -0.15) is 13.1 Å². The lowest BCUT2D eigenvalue weighted by Gasteiger charge is -2.08. The average Bonchev–Trinajstić information content (AvgIpc) is 2.23. The number of methoxy groups -OCH3 is 1. The first-order valence-corrected chi connectivity index (χ1v) is 6.35. The van der Waals surface area contributed by atoms with E-state index in [0.717, 1.165) is 7.11 Å². The van der Waals surface area contributed by atoms with E-state index in [4.69, 9.17) is 5.11 Å². The summed E-state index contributed by atoms with van der Waals surface area (Å²) in [6.07, 6.45) is -0.387. The Morgan fingerprint density at radius 3 is 2.47 bits per heavy atom. The molecule has 1 amide bonds. The molecule has 0 aromatic heterocycles. The number of carbonyl (C=O) groups excluding carboxylic acids is 1. The zero-order valence-corrected chi connectivity index (χ0v) is 10.4. The summed E-state index contributed by atoms with van der Waals surface area (Å²) in [5.41, 5.74) is 0. The Balaban J connectivity index is 3.88. The van der Waals surface area contributed by atoms with Crippen LogP contribution < -0.4 is 9.44 Å². The van der Waals surface area contributed by atoms with Gasteiger partial charge in [-0.15, -0.1) is 0 Å². The van der Waals surface area contributed by atoms with Crippen molar-refractivity contribution < 1.29 is 27.9 Å². The topological polar surface area (TPSA) is 122 Å². The van der Waals surface area contributed by atoms with Gasteiger partial charge in [0.2, 0.25) is 0 Å². The van der Waals surface area contributed by atoms with Gasteiger partial charge in [0, 0.05) is 6.54 Å². The fourth-order valence-corrected chi connectivity index (χ4v) is 1.71. The number of carboxylic acids is 1. The standard InChI is InChI=1S/C8H16N2O6S/c1-6(7(11)12)4-3-5-9-17(14,15)10-8(13)16-2/h6,9H,3-5H2,1-2H3,(H,10,13)(H,11,12). The first-order valence-electron chi connectivity index (χ1n) is 4.86. The average molecular weight is 268 g/mol. The highest BCUT2D eigenvalue weighted by Gasteiger charge is 2.14. The van der Waals surface area contributed by atoms with Crippen LogP contribution in [0.5, 0.6) is 0 Å². The minimum Gasteiger partial charge on any atom is -0.481 e. The SMILES string of the molecule is COC(=O)NS(=O)(=O)NCCCC(C)C(=O)O. The molecular formula is C8H16N2O6S. The van der Waals surface area contributed by atoms with Crippen molar-refractivity contribution in [2.75, 3.05) is 13.7 Å². The predicted octanol–water partition coefficient (Wildman–Crippen LogP) is -0.322. The summed E-state index contributed by atoms with van der Waals surface area (Å²) in [6, 6.07) is 0. The molecule has 0 spiro atoms. The Kier molecular flexibility index (Phi) is 6.51. The lowest BCUT2D eigenvalue weighted by atomic mass is 10.1. The van der Waals surface area contributed by atoms with E-state index in [2.05, 4.69) is 9.46 Å². The minimum absolute atomic E-state index is 0.0456. The summed E-state index contributed by atoms with van der Waals surface area (Å²) in [5, 5.41) is 8.58. The largest absolute Gasteiger partial charge is 0.481 e. The number of ether oxygens (including phenoxy) is 1. The number of rotatable bonds is 7. The fourth-order valence-electron chi connectivity index (χ4n) is 0.926. The van der Waals surface area contributed by atoms with E-state index in [0.29, 0.717) is 12.8 Å². The number of nitrogens with one attached hydrogen (secondary N) is 2. The smallest absolute Gasteiger partial charge is 0.421 e. The summed E-state index contributed by atoms with van der Waals surface area (Å²) in [5.74, 6) is -1.46. The lowest BCUT2D eigenvalue weighted by molar-refractivity contribution is -0.141. The van der Waals surface area contributed by atoms with Crippen LogP contribution in [0.4, 0.5) is 4.79 Å². The molecule has 0 aliphatic carbocycles. The summed E-state index contributed by atoms with van der Waals surface area (Å²) in [4.78, 5) is 21.1. The maximum atomic E-state index is 11.1. The summed E-state index contributed by atoms with van der Waals surface area (Å²) >= 11 is 0. The van der Waals surface area contributed by atoms with Crippen LogP contribution in [0.25, 0.3) is 0 Å². The molecule has 0 saturated carbocycles. The van der Waals surface area contributed by atoms with Crippen molar-refractivity contribution in [3.05, 3.63) is 0 Å². The first kappa shape index (κ1) is 15.7. The Labute approximate surface area is 99.5 Å². The first-order chi connectivity index (χ1) is 7.78. The monoisotopic (exact) mass is 268 g/mol. The molecule has 100 valence electrons. The quantitative estimate of drug-likeness (QED) is 0.544. The summed E-state index contributed by atoms with van der Waals surface area (Å²) in [7, 11) is -2.89. The third-order valence-electron chi connectivity index (χ3n) is 1.93. The number of carboxylic acid groups (broad SMARTS) is 1. The molecule has 0 bridgehead atoms. The molecule has 3 N–H and O–H groups in total. The van der Waals surface area contributed by atoms with Crippen LogP contribution in [0.1, 0.15) is 19.8 Å². The third-order valence-corrected chi connectivity index (χ3v) is 2.95. The normalized spacial score (nSPS) is 12.8. The lowest BCUT2D eigenvalue weighted by Crippen LogP contribution is -2.40. The van der Waals surface area contributed by atoms with Gasteiger partial charge >= 0.3 is 22.3 Å². The van der Waals surface area contributed by atoms with Crippen LogP contribution >= 0.6 is 0 Å². The van der Waals surface area contributed by atoms with E-state index >= 15 is 0 Å². The molecule has 8 nitrogen and oxygen atoms in total. The second-order valence-electron chi connectivity index (χ2n) is 3.37. The zero-order chi connectivity index (χ0) is 13.5. The van der Waals surface area contributed by atoms with Crippen LogP contribution in [0, 0.1) is 5.92 Å². The van der Waals surface area contributed by atoms with Gasteiger partial charge in [-0.3, -0.25) is 4.79 Å². The van der Waals surface area contributed by atoms with Crippen molar-refractivity contribution in [3.63, 3.8) is 0 Å². The van der Waals surface area contributed by atoms with E-state index in [1.807, 2.05) is 0 Å². The second-order valence-corrected chi connectivity index (χ2v) is 4.87. The molecule has 0 rings (SSSR count). The second kappa shape index (κ2) is 7.07. The molecule has 1 atom stereocenters. The van der Waals surface area contributed by atoms with Gasteiger partial charge in [-0.1, -0.05) is 6.92 Å². The van der Waals surface area contributed by atoms with E-state index < -0.39 is 28.2 Å². The van der Waals surface area contributed by atoms with E-state index in [9.17, 15) is 18.0 Å². The van der Waals surface area contributed by atoms with Crippen molar-refractivity contribution in [1.29, 1.82) is 0 Å². The third kappa shape index (κ3) is 7.53. The minimum atomic E-state index is -3.93. The highest BCUT2D eigenvalue weighted by molar-refractivity contribution is 7.88. The number of aliphatic carboxylic acids is 1. The zero-order valence-electron chi connectivity index (χ0n) is 9.60. The fraction of sp³-hybridized carbons (Fsp3) is 0.750. The van der Waals surface area contributed by atoms with Gasteiger partial charge in [-0.05, 0) is 12.8 Å². The highest BCUT2D eigenvalue weighted by atomic mass is 32.2. The van der Waals surface area contributed by atoms with Crippen LogP contribution in [0.3, 0.4) is 0 Å². The molecule has 0 aliphatic rings. The Morgan fingerprint density at radius 1 is 1.41 bits per heavy atom. The maximum Gasteiger partial charge on any atom is 0.421 e. The molecule has 17 heavy (non-hydrogen) atoms. The van der Waals surface area contributed by atoms with Gasteiger partial charge in [0.15, 0.2) is 0 Å². The van der Waals surface area contributed by atoms with Crippen molar-refractivity contribution in [1.82, 2.24) is 9.44 Å². The predicted molar refractivity (Wildman–Crippen MR) is 58.5 cm³/mol. The molecule has 0 heterocycles. The van der Waals surface area contributed by atoms with E-state index in [-0.39, 0.29) is 6.54 Å². The van der Waals surface area contributed by atoms with E-state index in [1.165, 1.54) is 6.92 Å². The van der Waals surface area contributed by atoms with Gasteiger partial charge < -0.3 is 9.84 Å². The highest BCUT2D eigenvalue weighted by Crippen LogP contribution is 2.04. The molecule has 0 fully saturated rings. The number of hydrogen-bond acceptors (Lipinski definition) is 5.